The Morgan fingerprint density at radius 1 is 1.03 bits per heavy atom. The normalized spacial score (nSPS) is 15.0. The van der Waals surface area contributed by atoms with Crippen LogP contribution in [0, 0.1) is 11.7 Å². The van der Waals surface area contributed by atoms with Crippen LogP contribution in [0.3, 0.4) is 0 Å². The third-order valence-corrected chi connectivity index (χ3v) is 5.70. The molecular formula is C26H26FN3O5. The lowest BCUT2D eigenvalue weighted by Crippen LogP contribution is -2.36. The Balaban J connectivity index is 1.40. The van der Waals surface area contributed by atoms with Crippen LogP contribution in [0.15, 0.2) is 66.7 Å². The van der Waals surface area contributed by atoms with Crippen LogP contribution in [0.4, 0.5) is 15.8 Å². The average Bonchev–Trinajstić information content (AvgIpc) is 3.28. The molecule has 0 aliphatic carbocycles. The number of hydrogen-bond acceptors (Lipinski definition) is 6. The first-order valence-corrected chi connectivity index (χ1v) is 11.0. The second-order valence-corrected chi connectivity index (χ2v) is 7.97. The molecule has 3 aromatic carbocycles. The van der Waals surface area contributed by atoms with Gasteiger partial charge in [0.15, 0.2) is 11.5 Å². The highest BCUT2D eigenvalue weighted by atomic mass is 19.1. The maximum atomic E-state index is 13.2. The highest BCUT2D eigenvalue weighted by Gasteiger charge is 2.35. The van der Waals surface area contributed by atoms with Crippen molar-refractivity contribution < 1.29 is 28.2 Å². The summed E-state index contributed by atoms with van der Waals surface area (Å²) < 4.78 is 29.6. The summed E-state index contributed by atoms with van der Waals surface area (Å²) in [6.07, 6.45) is 0.103. The number of para-hydroxylation sites is 1. The van der Waals surface area contributed by atoms with E-state index in [4.69, 9.17) is 14.2 Å². The smallest absolute Gasteiger partial charge is 0.243 e. The molecule has 0 bridgehead atoms. The molecule has 3 aromatic rings. The summed E-state index contributed by atoms with van der Waals surface area (Å²) in [6, 6.07) is 18.3. The zero-order valence-electron chi connectivity index (χ0n) is 19.4. The molecule has 8 nitrogen and oxygen atoms in total. The molecule has 1 saturated heterocycles. The van der Waals surface area contributed by atoms with Gasteiger partial charge in [0.05, 0.1) is 25.8 Å². The molecule has 1 aliphatic rings. The van der Waals surface area contributed by atoms with Crippen LogP contribution in [-0.4, -0.2) is 32.6 Å². The number of carbonyl (C=O) groups excluding carboxylic acids is 2. The fraction of sp³-hybridized carbons (Fsp3) is 0.231. The number of benzene rings is 3. The van der Waals surface area contributed by atoms with Crippen molar-refractivity contribution in [2.45, 2.75) is 13.0 Å². The molecule has 1 fully saturated rings. The monoisotopic (exact) mass is 479 g/mol. The lowest BCUT2D eigenvalue weighted by molar-refractivity contribution is -0.125. The highest BCUT2D eigenvalue weighted by molar-refractivity contribution is 6.00. The van der Waals surface area contributed by atoms with E-state index in [0.717, 1.165) is 5.56 Å². The highest BCUT2D eigenvalue weighted by Crippen LogP contribution is 2.35. The van der Waals surface area contributed by atoms with Crippen molar-refractivity contribution in [3.63, 3.8) is 0 Å². The summed E-state index contributed by atoms with van der Waals surface area (Å²) in [5.41, 5.74) is 7.53. The Bertz CT molecular complexity index is 1180. The van der Waals surface area contributed by atoms with Gasteiger partial charge in [-0.3, -0.25) is 20.4 Å². The van der Waals surface area contributed by atoms with E-state index in [1.165, 1.54) is 19.2 Å². The van der Waals surface area contributed by atoms with Crippen molar-refractivity contribution in [1.82, 2.24) is 5.43 Å². The van der Waals surface area contributed by atoms with E-state index in [1.807, 2.05) is 0 Å². The van der Waals surface area contributed by atoms with Crippen molar-refractivity contribution in [2.75, 3.05) is 31.1 Å². The first-order chi connectivity index (χ1) is 17.0. The second kappa shape index (κ2) is 10.8. The number of anilines is 2. The Hall–Kier alpha value is -4.27. The van der Waals surface area contributed by atoms with Crippen molar-refractivity contribution in [2.24, 2.45) is 5.92 Å². The summed E-state index contributed by atoms with van der Waals surface area (Å²) in [4.78, 5) is 27.0. The number of halogens is 1. The van der Waals surface area contributed by atoms with Crippen LogP contribution in [-0.2, 0) is 16.2 Å². The molecule has 35 heavy (non-hydrogen) atoms. The van der Waals surface area contributed by atoms with Gasteiger partial charge in [-0.1, -0.05) is 18.2 Å². The lowest BCUT2D eigenvalue weighted by Gasteiger charge is -2.19. The molecular weight excluding hydrogens is 453 g/mol. The van der Waals surface area contributed by atoms with Crippen LogP contribution < -0.4 is 30.0 Å². The maximum Gasteiger partial charge on any atom is 0.243 e. The van der Waals surface area contributed by atoms with Crippen molar-refractivity contribution in [3.8, 4) is 17.2 Å². The fourth-order valence-corrected chi connectivity index (χ4v) is 3.79. The zero-order chi connectivity index (χ0) is 24.8. The molecule has 1 heterocycles. The molecule has 0 radical (unpaired) electrons. The standard InChI is InChI=1S/C26H26FN3O5/c1-33-21-12-10-20(11-13-21)30-15-18(14-24(30)31)26(32)29-28-22-4-3-5-23(34-2)25(22)35-16-17-6-8-19(27)9-7-17/h3-13,18,28H,14-16H2,1-2H3,(H,29,32)/t18-/m0/s1. The van der Waals surface area contributed by atoms with Crippen LogP contribution in [0.1, 0.15) is 12.0 Å². The topological polar surface area (TPSA) is 89.1 Å². The molecule has 0 saturated carbocycles. The molecule has 0 spiro atoms. The van der Waals surface area contributed by atoms with Gasteiger partial charge in [0.1, 0.15) is 18.2 Å². The minimum absolute atomic E-state index is 0.103. The van der Waals surface area contributed by atoms with Crippen LogP contribution in [0.5, 0.6) is 17.2 Å². The number of rotatable bonds is 9. The Kier molecular flexibility index (Phi) is 7.35. The van der Waals surface area contributed by atoms with E-state index in [-0.39, 0.29) is 37.2 Å². The first-order valence-electron chi connectivity index (χ1n) is 11.0. The molecule has 9 heteroatoms. The number of nitrogens with zero attached hydrogens (tertiary/aromatic N) is 1. The number of ether oxygens (including phenoxy) is 3. The third kappa shape index (κ3) is 5.63. The quantitative estimate of drug-likeness (QED) is 0.453. The van der Waals surface area contributed by atoms with E-state index >= 15 is 0 Å². The average molecular weight is 480 g/mol. The summed E-state index contributed by atoms with van der Waals surface area (Å²) in [5.74, 6) is 0.254. The summed E-state index contributed by atoms with van der Waals surface area (Å²) in [6.45, 7) is 0.446. The molecule has 1 aliphatic heterocycles. The number of amides is 2. The predicted molar refractivity (Wildman–Crippen MR) is 129 cm³/mol. The van der Waals surface area contributed by atoms with Crippen molar-refractivity contribution in [3.05, 3.63) is 78.1 Å². The largest absolute Gasteiger partial charge is 0.497 e. The van der Waals surface area contributed by atoms with E-state index in [2.05, 4.69) is 10.9 Å². The maximum absolute atomic E-state index is 13.2. The minimum atomic E-state index is -0.522. The molecule has 2 amide bonds. The number of carbonyl (C=O) groups is 2. The van der Waals surface area contributed by atoms with Gasteiger partial charge in [0.2, 0.25) is 11.8 Å². The molecule has 2 N–H and O–H groups in total. The molecule has 0 aromatic heterocycles. The van der Waals surface area contributed by atoms with E-state index in [9.17, 15) is 14.0 Å². The minimum Gasteiger partial charge on any atom is -0.497 e. The summed E-state index contributed by atoms with van der Waals surface area (Å²) in [5, 5.41) is 0. The first kappa shape index (κ1) is 23.9. The number of hydrogen-bond donors (Lipinski definition) is 2. The summed E-state index contributed by atoms with van der Waals surface area (Å²) in [7, 11) is 3.09. The zero-order valence-corrected chi connectivity index (χ0v) is 19.4. The van der Waals surface area contributed by atoms with Gasteiger partial charge in [-0.15, -0.1) is 0 Å². The van der Waals surface area contributed by atoms with E-state index in [1.54, 1.807) is 66.6 Å². The van der Waals surface area contributed by atoms with Gasteiger partial charge in [-0.05, 0) is 54.1 Å². The van der Waals surface area contributed by atoms with Crippen molar-refractivity contribution >= 4 is 23.2 Å². The van der Waals surface area contributed by atoms with Crippen LogP contribution in [0.2, 0.25) is 0 Å². The van der Waals surface area contributed by atoms with Gasteiger partial charge in [0, 0.05) is 18.7 Å². The third-order valence-electron chi connectivity index (χ3n) is 5.70. The molecule has 0 unspecified atom stereocenters. The fourth-order valence-electron chi connectivity index (χ4n) is 3.79. The van der Waals surface area contributed by atoms with Crippen molar-refractivity contribution in [1.29, 1.82) is 0 Å². The second-order valence-electron chi connectivity index (χ2n) is 7.97. The molecule has 4 rings (SSSR count). The van der Waals surface area contributed by atoms with Gasteiger partial charge in [0.25, 0.3) is 0 Å². The van der Waals surface area contributed by atoms with Gasteiger partial charge in [-0.25, -0.2) is 4.39 Å². The lowest BCUT2D eigenvalue weighted by atomic mass is 10.1. The predicted octanol–water partition coefficient (Wildman–Crippen LogP) is 3.92. The SMILES string of the molecule is COc1ccc(N2C[C@@H](C(=O)NNc3cccc(OC)c3OCc3ccc(F)cc3)CC2=O)cc1. The van der Waals surface area contributed by atoms with E-state index < -0.39 is 5.92 Å². The van der Waals surface area contributed by atoms with Gasteiger partial charge in [-0.2, -0.15) is 0 Å². The summed E-state index contributed by atoms with van der Waals surface area (Å²) >= 11 is 0. The number of methoxy groups -OCH3 is 2. The van der Waals surface area contributed by atoms with Gasteiger partial charge < -0.3 is 19.1 Å². The van der Waals surface area contributed by atoms with Gasteiger partial charge >= 0.3 is 0 Å². The Morgan fingerprint density at radius 2 is 1.77 bits per heavy atom. The molecule has 1 atom stereocenters. The Labute approximate surface area is 202 Å². The van der Waals surface area contributed by atoms with Crippen LogP contribution >= 0.6 is 0 Å². The number of hydrazine groups is 1. The van der Waals surface area contributed by atoms with Crippen LogP contribution in [0.25, 0.3) is 0 Å². The number of nitrogens with one attached hydrogen (secondary N) is 2. The Morgan fingerprint density at radius 3 is 2.46 bits per heavy atom. The van der Waals surface area contributed by atoms with E-state index in [0.29, 0.717) is 28.6 Å². The molecule has 182 valence electrons.